The van der Waals surface area contributed by atoms with Gasteiger partial charge in [-0.25, -0.2) is 4.98 Å². The first kappa shape index (κ1) is 16.3. The molecule has 0 saturated heterocycles. The molecule has 7 nitrogen and oxygen atoms in total. The van der Waals surface area contributed by atoms with Crippen LogP contribution >= 0.6 is 15.9 Å². The maximum atomic E-state index is 12.7. The smallest absolute Gasteiger partial charge is 0.298 e. The lowest BCUT2D eigenvalue weighted by Crippen LogP contribution is -2.17. The summed E-state index contributed by atoms with van der Waals surface area (Å²) >= 11 is 3.33. The quantitative estimate of drug-likeness (QED) is 0.505. The summed E-state index contributed by atoms with van der Waals surface area (Å²) in [4.78, 5) is 20.1. The first-order valence-corrected chi connectivity index (χ1v) is 8.46. The molecule has 26 heavy (non-hydrogen) atoms. The fourth-order valence-electron chi connectivity index (χ4n) is 2.69. The molecule has 0 aliphatic rings. The average Bonchev–Trinajstić information content (AvgIpc) is 3.02. The van der Waals surface area contributed by atoms with Crippen LogP contribution in [-0.2, 0) is 0 Å². The lowest BCUT2D eigenvalue weighted by atomic mass is 10.2. The predicted molar refractivity (Wildman–Crippen MR) is 103 cm³/mol. The maximum absolute atomic E-state index is 12.7. The van der Waals surface area contributed by atoms with Gasteiger partial charge in [0.1, 0.15) is 28.9 Å². The maximum Gasteiger partial charge on any atom is 0.298 e. The van der Waals surface area contributed by atoms with Gasteiger partial charge < -0.3 is 14.8 Å². The first-order chi connectivity index (χ1) is 12.6. The topological polar surface area (TPSA) is 92.5 Å². The van der Waals surface area contributed by atoms with E-state index >= 15 is 0 Å². The molecule has 0 bridgehead atoms. The third-order valence-electron chi connectivity index (χ3n) is 4.01. The summed E-state index contributed by atoms with van der Waals surface area (Å²) in [7, 11) is 1.59. The molecule has 2 heterocycles. The number of methoxy groups -OCH3 is 1. The van der Waals surface area contributed by atoms with E-state index in [0.29, 0.717) is 22.3 Å². The van der Waals surface area contributed by atoms with Crippen molar-refractivity contribution in [3.05, 3.63) is 63.1 Å². The molecule has 0 aliphatic heterocycles. The van der Waals surface area contributed by atoms with Crippen LogP contribution < -0.4 is 10.3 Å². The fraction of sp³-hybridized carbons (Fsp3) is 0.0556. The Kier molecular flexibility index (Phi) is 3.96. The summed E-state index contributed by atoms with van der Waals surface area (Å²) in [5.74, 6) is 0.754. The number of aromatic hydroxyl groups is 1. The Morgan fingerprint density at radius 2 is 2.15 bits per heavy atom. The Balaban J connectivity index is 1.83. The zero-order valence-corrected chi connectivity index (χ0v) is 15.2. The second-order valence-corrected chi connectivity index (χ2v) is 6.52. The Labute approximate surface area is 155 Å². The SMILES string of the molecule is COc1ccc2[nH]c3c(=O)n(N=Cc4cc(Br)ccc4O)cnc3c2c1. The molecule has 4 rings (SSSR count). The lowest BCUT2D eigenvalue weighted by Gasteiger charge is -2.01. The monoisotopic (exact) mass is 412 g/mol. The van der Waals surface area contributed by atoms with E-state index in [-0.39, 0.29) is 11.3 Å². The molecule has 130 valence electrons. The van der Waals surface area contributed by atoms with Crippen LogP contribution in [0.5, 0.6) is 11.5 Å². The number of ether oxygens (including phenoxy) is 1. The first-order valence-electron chi connectivity index (χ1n) is 7.67. The molecule has 0 amide bonds. The van der Waals surface area contributed by atoms with Gasteiger partial charge in [-0.2, -0.15) is 9.78 Å². The highest BCUT2D eigenvalue weighted by atomic mass is 79.9. The molecule has 4 aromatic rings. The van der Waals surface area contributed by atoms with E-state index in [0.717, 1.165) is 20.1 Å². The number of hydrogen-bond donors (Lipinski definition) is 2. The van der Waals surface area contributed by atoms with Crippen LogP contribution in [0.3, 0.4) is 0 Å². The van der Waals surface area contributed by atoms with Gasteiger partial charge in [0.05, 0.1) is 13.3 Å². The van der Waals surface area contributed by atoms with Crippen molar-refractivity contribution in [3.8, 4) is 11.5 Å². The number of phenols is 1. The van der Waals surface area contributed by atoms with E-state index < -0.39 is 0 Å². The van der Waals surface area contributed by atoms with Crippen molar-refractivity contribution in [2.45, 2.75) is 0 Å². The highest BCUT2D eigenvalue weighted by Crippen LogP contribution is 2.25. The molecule has 0 spiro atoms. The van der Waals surface area contributed by atoms with Crippen molar-refractivity contribution in [3.63, 3.8) is 0 Å². The van der Waals surface area contributed by atoms with Crippen molar-refractivity contribution in [1.82, 2.24) is 14.6 Å². The molecule has 8 heteroatoms. The zero-order valence-electron chi connectivity index (χ0n) is 13.6. The minimum atomic E-state index is -0.337. The Morgan fingerprint density at radius 3 is 2.96 bits per heavy atom. The number of hydrogen-bond acceptors (Lipinski definition) is 5. The molecule has 0 saturated carbocycles. The largest absolute Gasteiger partial charge is 0.507 e. The number of halogens is 1. The van der Waals surface area contributed by atoms with Gasteiger partial charge in [0.25, 0.3) is 5.56 Å². The number of aromatic amines is 1. The summed E-state index contributed by atoms with van der Waals surface area (Å²) < 4.78 is 7.14. The van der Waals surface area contributed by atoms with Crippen molar-refractivity contribution >= 4 is 44.1 Å². The van der Waals surface area contributed by atoms with Gasteiger partial charge in [-0.3, -0.25) is 4.79 Å². The molecule has 0 atom stereocenters. The summed E-state index contributed by atoms with van der Waals surface area (Å²) in [6, 6.07) is 10.4. The summed E-state index contributed by atoms with van der Waals surface area (Å²) in [6.45, 7) is 0. The second kappa shape index (κ2) is 6.30. The summed E-state index contributed by atoms with van der Waals surface area (Å²) in [6.07, 6.45) is 2.75. The van der Waals surface area contributed by atoms with Crippen LogP contribution in [0.1, 0.15) is 5.56 Å². The number of rotatable bonds is 3. The average molecular weight is 413 g/mol. The molecule has 0 fully saturated rings. The third kappa shape index (κ3) is 2.74. The molecular formula is C18H13BrN4O3. The fourth-order valence-corrected chi connectivity index (χ4v) is 3.07. The van der Waals surface area contributed by atoms with Gasteiger partial charge in [0.2, 0.25) is 0 Å². The number of benzene rings is 2. The minimum absolute atomic E-state index is 0.0664. The number of fused-ring (bicyclic) bond motifs is 3. The van der Waals surface area contributed by atoms with E-state index in [9.17, 15) is 9.90 Å². The van der Waals surface area contributed by atoms with Crippen LogP contribution in [-0.4, -0.2) is 33.1 Å². The van der Waals surface area contributed by atoms with Gasteiger partial charge >= 0.3 is 0 Å². The normalized spacial score (nSPS) is 11.6. The van der Waals surface area contributed by atoms with Crippen LogP contribution in [0.15, 0.2) is 57.1 Å². The van der Waals surface area contributed by atoms with E-state index in [1.807, 2.05) is 18.2 Å². The molecule has 2 aromatic heterocycles. The van der Waals surface area contributed by atoms with Crippen LogP contribution in [0, 0.1) is 0 Å². The van der Waals surface area contributed by atoms with Crippen LogP contribution in [0.25, 0.3) is 21.9 Å². The van der Waals surface area contributed by atoms with E-state index in [1.54, 1.807) is 25.3 Å². The van der Waals surface area contributed by atoms with Gasteiger partial charge in [-0.15, -0.1) is 0 Å². The molecule has 2 N–H and O–H groups in total. The Bertz CT molecular complexity index is 1230. The number of aromatic nitrogens is 3. The summed E-state index contributed by atoms with van der Waals surface area (Å²) in [5, 5.41) is 14.8. The standard InChI is InChI=1S/C18H13BrN4O3/c1-26-12-3-4-14-13(7-12)16-17(22-14)18(25)23(9-20-16)21-8-10-6-11(19)2-5-15(10)24/h2-9,22,24H,1H3. The lowest BCUT2D eigenvalue weighted by molar-refractivity contribution is 0.415. The number of H-pyrrole nitrogens is 1. The van der Waals surface area contributed by atoms with Crippen molar-refractivity contribution in [1.29, 1.82) is 0 Å². The molecule has 0 unspecified atom stereocenters. The molecule has 0 radical (unpaired) electrons. The van der Waals surface area contributed by atoms with Gasteiger partial charge in [-0.05, 0) is 36.4 Å². The van der Waals surface area contributed by atoms with Crippen LogP contribution in [0.2, 0.25) is 0 Å². The Hall–Kier alpha value is -3.13. The van der Waals surface area contributed by atoms with Crippen molar-refractivity contribution in [2.24, 2.45) is 5.10 Å². The second-order valence-electron chi connectivity index (χ2n) is 5.60. The minimum Gasteiger partial charge on any atom is -0.507 e. The van der Waals surface area contributed by atoms with Crippen molar-refractivity contribution in [2.75, 3.05) is 7.11 Å². The number of phenolic OH excluding ortho intramolecular Hbond substituents is 1. The van der Waals surface area contributed by atoms with E-state index in [4.69, 9.17) is 4.74 Å². The summed E-state index contributed by atoms with van der Waals surface area (Å²) in [5.41, 5.74) is 1.84. The van der Waals surface area contributed by atoms with Gasteiger partial charge in [0.15, 0.2) is 0 Å². The molecule has 0 aliphatic carbocycles. The van der Waals surface area contributed by atoms with E-state index in [2.05, 4.69) is 31.0 Å². The van der Waals surface area contributed by atoms with Gasteiger partial charge in [0, 0.05) is 20.9 Å². The van der Waals surface area contributed by atoms with Gasteiger partial charge in [-0.1, -0.05) is 15.9 Å². The number of nitrogens with one attached hydrogen (secondary N) is 1. The highest BCUT2D eigenvalue weighted by Gasteiger charge is 2.11. The zero-order chi connectivity index (χ0) is 18.3. The highest BCUT2D eigenvalue weighted by molar-refractivity contribution is 9.10. The molecular weight excluding hydrogens is 400 g/mol. The van der Waals surface area contributed by atoms with E-state index in [1.165, 1.54) is 12.5 Å². The molecule has 2 aromatic carbocycles. The van der Waals surface area contributed by atoms with Crippen LogP contribution in [0.4, 0.5) is 0 Å². The Morgan fingerprint density at radius 1 is 1.31 bits per heavy atom. The third-order valence-corrected chi connectivity index (χ3v) is 4.50. The predicted octanol–water partition coefficient (Wildman–Crippen LogP) is 3.24. The van der Waals surface area contributed by atoms with Crippen molar-refractivity contribution < 1.29 is 9.84 Å². The number of nitrogens with zero attached hydrogens (tertiary/aromatic N) is 3.